The average molecular weight is 503 g/mol. The Morgan fingerprint density at radius 3 is 1.91 bits per heavy atom. The van der Waals surface area contributed by atoms with Crippen molar-refractivity contribution in [2.75, 3.05) is 6.54 Å². The predicted octanol–water partition coefficient (Wildman–Crippen LogP) is -2.23. The maximum absolute atomic E-state index is 12.9. The van der Waals surface area contributed by atoms with Gasteiger partial charge in [-0.15, -0.1) is 0 Å². The Hall–Kier alpha value is -3.26. The lowest BCUT2D eigenvalue weighted by Crippen LogP contribution is -2.58. The van der Waals surface area contributed by atoms with Crippen LogP contribution in [0.25, 0.3) is 0 Å². The van der Waals surface area contributed by atoms with Gasteiger partial charge in [-0.3, -0.25) is 24.0 Å². The first-order chi connectivity index (χ1) is 16.3. The number of hydrogen-bond acceptors (Lipinski definition) is 8. The first-order valence-electron chi connectivity index (χ1n) is 11.4. The van der Waals surface area contributed by atoms with E-state index in [0.29, 0.717) is 32.2 Å². The molecule has 0 spiro atoms. The van der Waals surface area contributed by atoms with Gasteiger partial charge in [0.05, 0.1) is 12.5 Å². The van der Waals surface area contributed by atoms with Crippen molar-refractivity contribution in [2.45, 2.75) is 83.0 Å². The molecule has 0 rings (SSSR count). The van der Waals surface area contributed by atoms with Gasteiger partial charge in [0.1, 0.15) is 18.1 Å². The molecule has 11 N–H and O–H groups in total. The summed E-state index contributed by atoms with van der Waals surface area (Å²) >= 11 is 0. The molecule has 0 aromatic rings. The molecular weight excluding hydrogens is 464 g/mol. The lowest BCUT2D eigenvalue weighted by Gasteiger charge is -2.26. The second kappa shape index (κ2) is 16.4. The summed E-state index contributed by atoms with van der Waals surface area (Å²) in [6.07, 6.45) is 0.570. The van der Waals surface area contributed by atoms with Gasteiger partial charge in [-0.05, 0) is 31.7 Å². The second-order valence-corrected chi connectivity index (χ2v) is 8.33. The molecule has 0 aliphatic rings. The quantitative estimate of drug-likeness (QED) is 0.0935. The fraction of sp³-hybridized carbons (Fsp3) is 0.714. The van der Waals surface area contributed by atoms with Gasteiger partial charge in [0, 0.05) is 6.42 Å². The Labute approximate surface area is 203 Å². The first kappa shape index (κ1) is 31.7. The van der Waals surface area contributed by atoms with Gasteiger partial charge in [-0.25, -0.2) is 4.79 Å². The molecule has 14 heteroatoms. The summed E-state index contributed by atoms with van der Waals surface area (Å²) in [5, 5.41) is 25.4. The standard InChI is InChI=1S/C21H38N6O8/c1-3-11(2)17(21(34)35)27-20(33)14(10-16(29)30)26-19(32)13(7-8-15(24)28)25-18(31)12(23)6-4-5-9-22/h11-14,17H,3-10,22-23H2,1-2H3,(H2,24,28)(H,25,31)(H,26,32)(H,27,33)(H,29,30)(H,34,35). The van der Waals surface area contributed by atoms with Crippen molar-refractivity contribution in [1.29, 1.82) is 0 Å². The first-order valence-corrected chi connectivity index (χ1v) is 11.4. The Kier molecular flexibility index (Phi) is 14.9. The van der Waals surface area contributed by atoms with Crippen molar-refractivity contribution in [3.63, 3.8) is 0 Å². The molecule has 5 atom stereocenters. The van der Waals surface area contributed by atoms with Crippen LogP contribution < -0.4 is 33.2 Å². The van der Waals surface area contributed by atoms with Crippen LogP contribution in [0.15, 0.2) is 0 Å². The van der Waals surface area contributed by atoms with Gasteiger partial charge in [-0.1, -0.05) is 26.7 Å². The van der Waals surface area contributed by atoms with Crippen molar-refractivity contribution in [1.82, 2.24) is 16.0 Å². The van der Waals surface area contributed by atoms with Crippen molar-refractivity contribution in [3.05, 3.63) is 0 Å². The summed E-state index contributed by atoms with van der Waals surface area (Å²) in [5.41, 5.74) is 16.4. The molecule has 35 heavy (non-hydrogen) atoms. The van der Waals surface area contributed by atoms with Crippen LogP contribution >= 0.6 is 0 Å². The molecule has 0 aliphatic heterocycles. The zero-order valence-corrected chi connectivity index (χ0v) is 20.1. The summed E-state index contributed by atoms with van der Waals surface area (Å²) in [4.78, 5) is 72.0. The molecular formula is C21H38N6O8. The maximum atomic E-state index is 12.9. The van der Waals surface area contributed by atoms with Crippen LogP contribution in [0.4, 0.5) is 0 Å². The molecule has 5 unspecified atom stereocenters. The third kappa shape index (κ3) is 12.7. The zero-order chi connectivity index (χ0) is 27.1. The third-order valence-electron chi connectivity index (χ3n) is 5.41. The normalized spacial score (nSPS) is 15.1. The monoisotopic (exact) mass is 502 g/mol. The number of amides is 4. The topological polar surface area (TPSA) is 257 Å². The Morgan fingerprint density at radius 2 is 1.43 bits per heavy atom. The lowest BCUT2D eigenvalue weighted by molar-refractivity contribution is -0.144. The molecule has 0 radical (unpaired) electrons. The number of hydrogen-bond donors (Lipinski definition) is 8. The van der Waals surface area contributed by atoms with E-state index in [4.69, 9.17) is 17.2 Å². The molecule has 0 bridgehead atoms. The van der Waals surface area contributed by atoms with E-state index in [1.807, 2.05) is 0 Å². The molecule has 200 valence electrons. The van der Waals surface area contributed by atoms with Gasteiger partial charge < -0.3 is 43.4 Å². The molecule has 14 nitrogen and oxygen atoms in total. The molecule has 4 amide bonds. The molecule has 0 aromatic carbocycles. The van der Waals surface area contributed by atoms with E-state index in [2.05, 4.69) is 16.0 Å². The van der Waals surface area contributed by atoms with E-state index in [9.17, 15) is 39.0 Å². The Morgan fingerprint density at radius 1 is 0.857 bits per heavy atom. The number of carboxylic acid groups (broad SMARTS) is 2. The molecule has 0 aromatic heterocycles. The van der Waals surface area contributed by atoms with Crippen molar-refractivity contribution in [2.24, 2.45) is 23.1 Å². The zero-order valence-electron chi connectivity index (χ0n) is 20.1. The molecule has 0 aliphatic carbocycles. The number of carbonyl (C=O) groups is 6. The minimum Gasteiger partial charge on any atom is -0.481 e. The highest BCUT2D eigenvalue weighted by molar-refractivity contribution is 5.95. The van der Waals surface area contributed by atoms with Crippen molar-refractivity contribution in [3.8, 4) is 0 Å². The number of carbonyl (C=O) groups excluding carboxylic acids is 4. The van der Waals surface area contributed by atoms with Crippen LogP contribution in [0.5, 0.6) is 0 Å². The largest absolute Gasteiger partial charge is 0.481 e. The van der Waals surface area contributed by atoms with E-state index in [1.54, 1.807) is 13.8 Å². The van der Waals surface area contributed by atoms with Crippen LogP contribution in [0.2, 0.25) is 0 Å². The summed E-state index contributed by atoms with van der Waals surface area (Å²) in [5.74, 6) is -6.63. The predicted molar refractivity (Wildman–Crippen MR) is 124 cm³/mol. The van der Waals surface area contributed by atoms with Crippen molar-refractivity contribution < 1.29 is 39.0 Å². The lowest BCUT2D eigenvalue weighted by atomic mass is 9.98. The van der Waals surface area contributed by atoms with Crippen molar-refractivity contribution >= 4 is 35.6 Å². The van der Waals surface area contributed by atoms with Crippen LogP contribution in [-0.2, 0) is 28.8 Å². The SMILES string of the molecule is CCC(C)C(NC(=O)C(CC(=O)O)NC(=O)C(CCC(N)=O)NC(=O)C(N)CCCCN)C(=O)O. The highest BCUT2D eigenvalue weighted by Gasteiger charge is 2.33. The van der Waals surface area contributed by atoms with Gasteiger partial charge in [-0.2, -0.15) is 0 Å². The van der Waals surface area contributed by atoms with E-state index in [0.717, 1.165) is 0 Å². The fourth-order valence-electron chi connectivity index (χ4n) is 3.07. The van der Waals surface area contributed by atoms with Gasteiger partial charge in [0.2, 0.25) is 23.6 Å². The Bertz CT molecular complexity index is 762. The molecule has 0 saturated heterocycles. The van der Waals surface area contributed by atoms with Gasteiger partial charge in [0.25, 0.3) is 0 Å². The summed E-state index contributed by atoms with van der Waals surface area (Å²) in [6.45, 7) is 3.73. The summed E-state index contributed by atoms with van der Waals surface area (Å²) < 4.78 is 0. The molecule has 0 saturated carbocycles. The smallest absolute Gasteiger partial charge is 0.326 e. The number of rotatable bonds is 18. The number of aliphatic carboxylic acids is 2. The Balaban J connectivity index is 5.56. The van der Waals surface area contributed by atoms with E-state index >= 15 is 0 Å². The van der Waals surface area contributed by atoms with E-state index < -0.39 is 72.1 Å². The number of nitrogens with two attached hydrogens (primary N) is 3. The van der Waals surface area contributed by atoms with Crippen LogP contribution in [0, 0.1) is 5.92 Å². The van der Waals surface area contributed by atoms with Crippen LogP contribution in [0.3, 0.4) is 0 Å². The van der Waals surface area contributed by atoms with Gasteiger partial charge in [0.15, 0.2) is 0 Å². The van der Waals surface area contributed by atoms with Crippen LogP contribution in [0.1, 0.15) is 58.8 Å². The maximum Gasteiger partial charge on any atom is 0.326 e. The van der Waals surface area contributed by atoms with E-state index in [1.165, 1.54) is 0 Å². The minimum absolute atomic E-state index is 0.228. The fourth-order valence-corrected chi connectivity index (χ4v) is 3.07. The molecule has 0 fully saturated rings. The van der Waals surface area contributed by atoms with Gasteiger partial charge >= 0.3 is 11.9 Å². The van der Waals surface area contributed by atoms with Crippen LogP contribution in [-0.4, -0.2) is 76.5 Å². The van der Waals surface area contributed by atoms with E-state index in [-0.39, 0.29) is 12.8 Å². The number of nitrogens with one attached hydrogen (secondary N) is 3. The number of primary amides is 1. The highest BCUT2D eigenvalue weighted by atomic mass is 16.4. The average Bonchev–Trinajstić information content (AvgIpc) is 2.78. The second-order valence-electron chi connectivity index (χ2n) is 8.33. The highest BCUT2D eigenvalue weighted by Crippen LogP contribution is 2.09. The number of unbranched alkanes of at least 4 members (excludes halogenated alkanes) is 1. The minimum atomic E-state index is -1.64. The summed E-state index contributed by atoms with van der Waals surface area (Å²) in [7, 11) is 0. The summed E-state index contributed by atoms with van der Waals surface area (Å²) in [6, 6.07) is -5.26. The third-order valence-corrected chi connectivity index (χ3v) is 5.41. The molecule has 0 heterocycles. The number of carboxylic acids is 2.